The molecule has 5 heteroatoms. The third-order valence-corrected chi connectivity index (χ3v) is 2.44. The molecule has 1 aromatic heterocycles. The second-order valence-corrected chi connectivity index (χ2v) is 4.13. The topological polar surface area (TPSA) is 59.2 Å². The van der Waals surface area contributed by atoms with E-state index in [0.717, 1.165) is 10.9 Å². The van der Waals surface area contributed by atoms with Gasteiger partial charge in [-0.05, 0) is 31.2 Å². The second kappa shape index (κ2) is 4.59. The Bertz CT molecular complexity index is 588. The van der Waals surface area contributed by atoms with Gasteiger partial charge in [0.1, 0.15) is 12.3 Å². The zero-order valence-electron chi connectivity index (χ0n) is 9.12. The molecule has 2 aromatic rings. The van der Waals surface area contributed by atoms with E-state index in [0.29, 0.717) is 10.7 Å². The largest absolute Gasteiger partial charge is 0.453 e. The van der Waals surface area contributed by atoms with E-state index in [9.17, 15) is 9.59 Å². The predicted molar refractivity (Wildman–Crippen MR) is 64.3 cm³/mol. The van der Waals surface area contributed by atoms with Crippen molar-refractivity contribution in [2.75, 3.05) is 6.61 Å². The first-order valence-corrected chi connectivity index (χ1v) is 5.39. The van der Waals surface area contributed by atoms with Gasteiger partial charge >= 0.3 is 5.97 Å². The summed E-state index contributed by atoms with van der Waals surface area (Å²) in [4.78, 5) is 25.2. The molecule has 0 radical (unpaired) electrons. The Morgan fingerprint density at radius 2 is 2.12 bits per heavy atom. The molecule has 0 spiro atoms. The number of benzene rings is 1. The van der Waals surface area contributed by atoms with E-state index in [-0.39, 0.29) is 12.4 Å². The first-order valence-electron chi connectivity index (χ1n) is 5.01. The number of ketones is 1. The number of aromatic nitrogens is 1. The fraction of sp³-hybridized carbons (Fsp3) is 0.167. The van der Waals surface area contributed by atoms with Gasteiger partial charge in [-0.25, -0.2) is 4.79 Å². The average molecular weight is 252 g/mol. The Balaban J connectivity index is 2.24. The van der Waals surface area contributed by atoms with Crippen molar-refractivity contribution in [2.24, 2.45) is 0 Å². The molecule has 0 aliphatic carbocycles. The minimum absolute atomic E-state index is 0.197. The van der Waals surface area contributed by atoms with Gasteiger partial charge in [0.25, 0.3) is 0 Å². The number of carbonyl (C=O) groups is 2. The summed E-state index contributed by atoms with van der Waals surface area (Å²) in [5.41, 5.74) is 1.10. The lowest BCUT2D eigenvalue weighted by atomic mass is 10.2. The van der Waals surface area contributed by atoms with E-state index in [1.807, 2.05) is 0 Å². The number of hydrogen-bond acceptors (Lipinski definition) is 3. The molecule has 1 heterocycles. The van der Waals surface area contributed by atoms with E-state index in [1.54, 1.807) is 24.3 Å². The number of halogens is 1. The highest BCUT2D eigenvalue weighted by Gasteiger charge is 2.11. The fourth-order valence-electron chi connectivity index (χ4n) is 1.46. The summed E-state index contributed by atoms with van der Waals surface area (Å²) >= 11 is 5.84. The van der Waals surface area contributed by atoms with E-state index < -0.39 is 5.97 Å². The Morgan fingerprint density at radius 3 is 2.82 bits per heavy atom. The molecule has 0 aliphatic heterocycles. The van der Waals surface area contributed by atoms with Crippen molar-refractivity contribution in [2.45, 2.75) is 6.92 Å². The van der Waals surface area contributed by atoms with Gasteiger partial charge in [-0.2, -0.15) is 0 Å². The third-order valence-electron chi connectivity index (χ3n) is 2.21. The van der Waals surface area contributed by atoms with Crippen molar-refractivity contribution in [1.82, 2.24) is 4.98 Å². The lowest BCUT2D eigenvalue weighted by molar-refractivity contribution is -0.120. The summed E-state index contributed by atoms with van der Waals surface area (Å²) in [6.07, 6.45) is 0. The number of H-pyrrole nitrogens is 1. The van der Waals surface area contributed by atoms with Gasteiger partial charge in [-0.15, -0.1) is 0 Å². The molecular weight excluding hydrogens is 242 g/mol. The van der Waals surface area contributed by atoms with Crippen LogP contribution in [0.1, 0.15) is 17.4 Å². The van der Waals surface area contributed by atoms with Crippen LogP contribution in [0.3, 0.4) is 0 Å². The van der Waals surface area contributed by atoms with Crippen LogP contribution < -0.4 is 0 Å². The highest BCUT2D eigenvalue weighted by Crippen LogP contribution is 2.20. The normalized spacial score (nSPS) is 10.5. The summed E-state index contributed by atoms with van der Waals surface area (Å²) < 4.78 is 4.80. The first-order chi connectivity index (χ1) is 8.06. The summed E-state index contributed by atoms with van der Waals surface area (Å²) in [7, 11) is 0. The number of hydrogen-bond donors (Lipinski definition) is 1. The Kier molecular flexibility index (Phi) is 3.15. The number of nitrogens with one attached hydrogen (secondary N) is 1. The maximum atomic E-state index is 11.6. The van der Waals surface area contributed by atoms with Crippen molar-refractivity contribution in [3.05, 3.63) is 35.0 Å². The molecule has 0 saturated heterocycles. The molecule has 0 unspecified atom stereocenters. The molecule has 0 bridgehead atoms. The molecule has 2 rings (SSSR count). The number of aromatic amines is 1. The Morgan fingerprint density at radius 1 is 1.35 bits per heavy atom. The highest BCUT2D eigenvalue weighted by molar-refractivity contribution is 6.31. The van der Waals surface area contributed by atoms with E-state index >= 15 is 0 Å². The quantitative estimate of drug-likeness (QED) is 0.853. The van der Waals surface area contributed by atoms with Gasteiger partial charge in [0.15, 0.2) is 5.78 Å². The number of fused-ring (bicyclic) bond motifs is 1. The zero-order chi connectivity index (χ0) is 12.4. The van der Waals surface area contributed by atoms with E-state index in [2.05, 4.69) is 4.98 Å². The van der Waals surface area contributed by atoms with Crippen molar-refractivity contribution < 1.29 is 14.3 Å². The first kappa shape index (κ1) is 11.7. The van der Waals surface area contributed by atoms with Crippen molar-refractivity contribution in [3.63, 3.8) is 0 Å². The summed E-state index contributed by atoms with van der Waals surface area (Å²) in [5, 5.41) is 1.42. The average Bonchev–Trinajstić information content (AvgIpc) is 2.68. The maximum Gasteiger partial charge on any atom is 0.355 e. The van der Waals surface area contributed by atoms with Crippen LogP contribution >= 0.6 is 11.6 Å². The smallest absolute Gasteiger partial charge is 0.355 e. The van der Waals surface area contributed by atoms with E-state index in [4.69, 9.17) is 16.3 Å². The molecule has 0 fully saturated rings. The van der Waals surface area contributed by atoms with Gasteiger partial charge in [0.2, 0.25) is 0 Å². The third kappa shape index (κ3) is 2.65. The van der Waals surface area contributed by atoms with Crippen LogP contribution in [0, 0.1) is 0 Å². The van der Waals surface area contributed by atoms with Crippen LogP contribution in [0.25, 0.3) is 10.9 Å². The molecule has 0 amide bonds. The minimum Gasteiger partial charge on any atom is -0.453 e. The molecule has 1 N–H and O–H groups in total. The lowest BCUT2D eigenvalue weighted by Crippen LogP contribution is -2.11. The van der Waals surface area contributed by atoms with Crippen LogP contribution in [0.4, 0.5) is 0 Å². The fourth-order valence-corrected chi connectivity index (χ4v) is 1.64. The molecule has 88 valence electrons. The SMILES string of the molecule is CC(=O)COC(=O)c1cc2cc(Cl)ccc2[nH]1. The number of rotatable bonds is 3. The van der Waals surface area contributed by atoms with Crippen LogP contribution in [-0.4, -0.2) is 23.3 Å². The monoisotopic (exact) mass is 251 g/mol. The van der Waals surface area contributed by atoms with Crippen LogP contribution in [0.2, 0.25) is 5.02 Å². The van der Waals surface area contributed by atoms with Crippen molar-refractivity contribution >= 4 is 34.3 Å². The second-order valence-electron chi connectivity index (χ2n) is 3.69. The highest BCUT2D eigenvalue weighted by atomic mass is 35.5. The number of esters is 1. The van der Waals surface area contributed by atoms with Gasteiger partial charge in [0, 0.05) is 15.9 Å². The molecule has 0 atom stereocenters. The molecular formula is C12H10ClNO3. The number of carbonyl (C=O) groups excluding carboxylic acids is 2. The zero-order valence-corrected chi connectivity index (χ0v) is 9.88. The van der Waals surface area contributed by atoms with Gasteiger partial charge < -0.3 is 9.72 Å². The summed E-state index contributed by atoms with van der Waals surface area (Å²) in [6, 6.07) is 6.89. The van der Waals surface area contributed by atoms with Crippen LogP contribution in [-0.2, 0) is 9.53 Å². The molecule has 0 saturated carbocycles. The molecule has 4 nitrogen and oxygen atoms in total. The van der Waals surface area contributed by atoms with Crippen LogP contribution in [0.15, 0.2) is 24.3 Å². The molecule has 17 heavy (non-hydrogen) atoms. The van der Waals surface area contributed by atoms with Crippen LogP contribution in [0.5, 0.6) is 0 Å². The van der Waals surface area contributed by atoms with Crippen molar-refractivity contribution in [1.29, 1.82) is 0 Å². The lowest BCUT2D eigenvalue weighted by Gasteiger charge is -1.98. The Labute approximate surface area is 103 Å². The number of ether oxygens (including phenoxy) is 1. The maximum absolute atomic E-state index is 11.6. The summed E-state index contributed by atoms with van der Waals surface area (Å²) in [6.45, 7) is 1.15. The van der Waals surface area contributed by atoms with Gasteiger partial charge in [-0.3, -0.25) is 4.79 Å². The van der Waals surface area contributed by atoms with Gasteiger partial charge in [0.05, 0.1) is 0 Å². The standard InChI is InChI=1S/C12H10ClNO3/c1-7(15)6-17-12(16)11-5-8-4-9(13)2-3-10(8)14-11/h2-5,14H,6H2,1H3. The van der Waals surface area contributed by atoms with Gasteiger partial charge in [-0.1, -0.05) is 11.6 Å². The number of Topliss-reactive ketones (excluding diaryl/α,β-unsaturated/α-hetero) is 1. The summed E-state index contributed by atoms with van der Waals surface area (Å²) in [5.74, 6) is -0.745. The van der Waals surface area contributed by atoms with Crippen molar-refractivity contribution in [3.8, 4) is 0 Å². The Hall–Kier alpha value is -1.81. The predicted octanol–water partition coefficient (Wildman–Crippen LogP) is 2.57. The molecule has 0 aliphatic rings. The molecule has 1 aromatic carbocycles. The van der Waals surface area contributed by atoms with E-state index in [1.165, 1.54) is 6.92 Å². The minimum atomic E-state index is -0.549.